The third kappa shape index (κ3) is 16.6. The molecule has 0 saturated heterocycles. The van der Waals surface area contributed by atoms with Gasteiger partial charge < -0.3 is 14.8 Å². The fourth-order valence-corrected chi connectivity index (χ4v) is 1.71. The first-order valence-electron chi connectivity index (χ1n) is 6.61. The molecule has 0 heterocycles. The summed E-state index contributed by atoms with van der Waals surface area (Å²) in [5.74, 6) is 0. The lowest BCUT2D eigenvalue weighted by molar-refractivity contribution is 0.101. The van der Waals surface area contributed by atoms with Crippen molar-refractivity contribution >= 4 is 22.9 Å². The van der Waals surface area contributed by atoms with Crippen LogP contribution in [-0.2, 0) is 9.47 Å². The summed E-state index contributed by atoms with van der Waals surface area (Å²) in [5, 5.41) is 3.28. The zero-order valence-corrected chi connectivity index (χ0v) is 13.1. The van der Waals surface area contributed by atoms with Crippen molar-refractivity contribution in [3.63, 3.8) is 0 Å². The molecule has 0 bridgehead atoms. The molecule has 0 atom stereocenters. The van der Waals surface area contributed by atoms with Crippen molar-refractivity contribution in [2.24, 2.45) is 0 Å². The number of unbranched alkanes of at least 4 members (excludes halogenated alkanes) is 1. The van der Waals surface area contributed by atoms with Crippen molar-refractivity contribution < 1.29 is 9.47 Å². The number of hydrogen-bond acceptors (Lipinski definition) is 4. The zero-order valence-electron chi connectivity index (χ0n) is 11.0. The van der Waals surface area contributed by atoms with Gasteiger partial charge in [0.25, 0.3) is 0 Å². The van der Waals surface area contributed by atoms with E-state index < -0.39 is 0 Å². The molecule has 0 radical (unpaired) electrons. The molecule has 0 aliphatic heterocycles. The van der Waals surface area contributed by atoms with Gasteiger partial charge in [-0.2, -0.15) is 0 Å². The minimum absolute atomic E-state index is 0.861. The van der Waals surface area contributed by atoms with Crippen LogP contribution in [0.3, 0.4) is 0 Å². The summed E-state index contributed by atoms with van der Waals surface area (Å²) in [7, 11) is 0. The highest BCUT2D eigenvalue weighted by molar-refractivity contribution is 14.1. The molecule has 5 heteroatoms. The SMILES string of the molecule is CCNCCCOCCCCOCCCNI. The fraction of sp³-hybridized carbons (Fsp3) is 1.00. The standard InChI is InChI=1S/C12H27IN2O2/c1-2-14-7-5-11-16-9-3-4-10-17-12-6-8-15-13/h14-15H,2-12H2,1H3. The van der Waals surface area contributed by atoms with Crippen LogP contribution in [0.2, 0.25) is 0 Å². The van der Waals surface area contributed by atoms with Gasteiger partial charge in [-0.15, -0.1) is 0 Å². The van der Waals surface area contributed by atoms with Gasteiger partial charge >= 0.3 is 0 Å². The third-order valence-corrected chi connectivity index (χ3v) is 2.82. The number of nitrogens with one attached hydrogen (secondary N) is 2. The Labute approximate surface area is 120 Å². The fourth-order valence-electron chi connectivity index (χ4n) is 1.33. The van der Waals surface area contributed by atoms with E-state index >= 15 is 0 Å². The Morgan fingerprint density at radius 3 is 1.88 bits per heavy atom. The minimum atomic E-state index is 0.861. The minimum Gasteiger partial charge on any atom is -0.381 e. The van der Waals surface area contributed by atoms with Gasteiger partial charge in [-0.25, -0.2) is 0 Å². The molecule has 0 saturated carbocycles. The number of ether oxygens (including phenoxy) is 2. The van der Waals surface area contributed by atoms with Gasteiger partial charge in [0.2, 0.25) is 0 Å². The molecule has 0 rings (SSSR count). The van der Waals surface area contributed by atoms with Gasteiger partial charge in [0.1, 0.15) is 0 Å². The Bertz CT molecular complexity index is 126. The molecule has 0 amide bonds. The van der Waals surface area contributed by atoms with E-state index in [-0.39, 0.29) is 0 Å². The second kappa shape index (κ2) is 16.6. The third-order valence-electron chi connectivity index (χ3n) is 2.28. The molecule has 0 spiro atoms. The molecular formula is C12H27IN2O2. The maximum atomic E-state index is 5.52. The van der Waals surface area contributed by atoms with E-state index in [1.54, 1.807) is 0 Å². The van der Waals surface area contributed by atoms with Crippen molar-refractivity contribution in [3.05, 3.63) is 0 Å². The van der Waals surface area contributed by atoms with Gasteiger partial charge in [-0.3, -0.25) is 3.53 Å². The van der Waals surface area contributed by atoms with Crippen molar-refractivity contribution in [2.45, 2.75) is 32.6 Å². The molecular weight excluding hydrogens is 331 g/mol. The van der Waals surface area contributed by atoms with Crippen LogP contribution in [0.25, 0.3) is 0 Å². The van der Waals surface area contributed by atoms with Gasteiger partial charge in [0, 0.05) is 55.8 Å². The molecule has 17 heavy (non-hydrogen) atoms. The van der Waals surface area contributed by atoms with Crippen LogP contribution in [0.15, 0.2) is 0 Å². The Morgan fingerprint density at radius 1 is 0.824 bits per heavy atom. The first-order valence-corrected chi connectivity index (χ1v) is 7.69. The predicted molar refractivity (Wildman–Crippen MR) is 80.7 cm³/mol. The molecule has 0 aromatic heterocycles. The van der Waals surface area contributed by atoms with Crippen LogP contribution in [0.5, 0.6) is 0 Å². The zero-order chi connectivity index (χ0) is 12.6. The van der Waals surface area contributed by atoms with Gasteiger partial charge in [0.15, 0.2) is 0 Å². The van der Waals surface area contributed by atoms with E-state index in [4.69, 9.17) is 9.47 Å². The number of hydrogen-bond donors (Lipinski definition) is 2. The van der Waals surface area contributed by atoms with Crippen LogP contribution in [-0.4, -0.2) is 46.1 Å². The van der Waals surface area contributed by atoms with Crippen molar-refractivity contribution in [2.75, 3.05) is 46.1 Å². The average molecular weight is 358 g/mol. The lowest BCUT2D eigenvalue weighted by atomic mass is 10.3. The van der Waals surface area contributed by atoms with E-state index in [0.717, 1.165) is 71.7 Å². The molecule has 104 valence electrons. The maximum absolute atomic E-state index is 5.52. The van der Waals surface area contributed by atoms with Crippen LogP contribution in [0.4, 0.5) is 0 Å². The summed E-state index contributed by atoms with van der Waals surface area (Å²) in [6.45, 7) is 8.71. The van der Waals surface area contributed by atoms with Crippen molar-refractivity contribution in [1.82, 2.24) is 8.85 Å². The van der Waals surface area contributed by atoms with Crippen LogP contribution < -0.4 is 8.85 Å². The Hall–Kier alpha value is 0.570. The lowest BCUT2D eigenvalue weighted by Crippen LogP contribution is -2.15. The van der Waals surface area contributed by atoms with Crippen molar-refractivity contribution in [1.29, 1.82) is 0 Å². The van der Waals surface area contributed by atoms with Gasteiger partial charge in [0.05, 0.1) is 0 Å². The van der Waals surface area contributed by atoms with Gasteiger partial charge in [-0.05, 0) is 38.8 Å². The van der Waals surface area contributed by atoms with E-state index in [1.807, 2.05) is 0 Å². The Balaban J connectivity index is 2.85. The van der Waals surface area contributed by atoms with E-state index in [1.165, 1.54) is 0 Å². The van der Waals surface area contributed by atoms with Crippen molar-refractivity contribution in [3.8, 4) is 0 Å². The molecule has 0 aromatic rings. The highest BCUT2D eigenvalue weighted by Crippen LogP contribution is 1.93. The molecule has 0 unspecified atom stereocenters. The average Bonchev–Trinajstić information content (AvgIpc) is 2.35. The number of halogens is 1. The largest absolute Gasteiger partial charge is 0.381 e. The second-order valence-corrected chi connectivity index (χ2v) is 4.64. The summed E-state index contributed by atoms with van der Waals surface area (Å²) < 4.78 is 14.1. The molecule has 2 N–H and O–H groups in total. The monoisotopic (exact) mass is 358 g/mol. The summed E-state index contributed by atoms with van der Waals surface area (Å²) in [5.41, 5.74) is 0. The second-order valence-electron chi connectivity index (χ2n) is 3.88. The number of rotatable bonds is 14. The molecule has 0 aliphatic carbocycles. The Morgan fingerprint density at radius 2 is 1.35 bits per heavy atom. The molecule has 0 aliphatic rings. The summed E-state index contributed by atoms with van der Waals surface area (Å²) in [6.07, 6.45) is 4.40. The van der Waals surface area contributed by atoms with E-state index in [9.17, 15) is 0 Å². The lowest BCUT2D eigenvalue weighted by Gasteiger charge is -2.05. The van der Waals surface area contributed by atoms with Crippen LogP contribution in [0.1, 0.15) is 32.6 Å². The molecule has 0 fully saturated rings. The predicted octanol–water partition coefficient (Wildman–Crippen LogP) is 2.13. The summed E-state index contributed by atoms with van der Waals surface area (Å²) in [6, 6.07) is 0. The highest BCUT2D eigenvalue weighted by Gasteiger charge is 1.92. The highest BCUT2D eigenvalue weighted by atomic mass is 127. The van der Waals surface area contributed by atoms with E-state index in [0.29, 0.717) is 0 Å². The van der Waals surface area contributed by atoms with E-state index in [2.05, 4.69) is 38.6 Å². The summed E-state index contributed by atoms with van der Waals surface area (Å²) in [4.78, 5) is 0. The quantitative estimate of drug-likeness (QED) is 0.284. The summed E-state index contributed by atoms with van der Waals surface area (Å²) >= 11 is 2.16. The smallest absolute Gasteiger partial charge is 0.0478 e. The first-order chi connectivity index (χ1) is 8.41. The van der Waals surface area contributed by atoms with Crippen LogP contribution >= 0.6 is 22.9 Å². The maximum Gasteiger partial charge on any atom is 0.0478 e. The molecule has 4 nitrogen and oxygen atoms in total. The first kappa shape index (κ1) is 17.6. The topological polar surface area (TPSA) is 42.5 Å². The Kier molecular flexibility index (Phi) is 17.1. The normalized spacial score (nSPS) is 10.9. The van der Waals surface area contributed by atoms with Crippen LogP contribution in [0, 0.1) is 0 Å². The molecule has 0 aromatic carbocycles. The van der Waals surface area contributed by atoms with Gasteiger partial charge in [-0.1, -0.05) is 6.92 Å².